The summed E-state index contributed by atoms with van der Waals surface area (Å²) in [6.45, 7) is 16.1. The third kappa shape index (κ3) is 7.62. The molecule has 2 nitrogen and oxygen atoms in total. The molecule has 0 amide bonds. The van der Waals surface area contributed by atoms with Gasteiger partial charge in [-0.15, -0.1) is 0 Å². The molecule has 4 heteroatoms. The van der Waals surface area contributed by atoms with Crippen LogP contribution in [0.1, 0.15) is 30.9 Å². The average molecular weight is 321 g/mol. The lowest BCUT2D eigenvalue weighted by atomic mass is 10.1. The molecule has 0 fully saturated rings. The van der Waals surface area contributed by atoms with Crippen LogP contribution in [0, 0.1) is 0 Å². The topological polar surface area (TPSA) is 24.4 Å². The van der Waals surface area contributed by atoms with Gasteiger partial charge in [0, 0.05) is 5.56 Å². The Labute approximate surface area is 133 Å². The highest BCUT2D eigenvalue weighted by Crippen LogP contribution is 2.12. The van der Waals surface area contributed by atoms with Crippen molar-refractivity contribution in [2.75, 3.05) is 0 Å². The van der Waals surface area contributed by atoms with Gasteiger partial charge in [-0.2, -0.15) is 0 Å². The number of benzene rings is 1. The van der Waals surface area contributed by atoms with Crippen molar-refractivity contribution in [1.29, 1.82) is 0 Å². The monoisotopic (exact) mass is 320 g/mol. The highest BCUT2D eigenvalue weighted by atomic mass is 28.3. The summed E-state index contributed by atoms with van der Waals surface area (Å²) >= 11 is 0. The third-order valence-electron chi connectivity index (χ3n) is 2.99. The van der Waals surface area contributed by atoms with Crippen molar-refractivity contribution in [2.45, 2.75) is 65.5 Å². The van der Waals surface area contributed by atoms with Gasteiger partial charge in [0.05, 0.1) is 0 Å². The molecular weight excluding hydrogens is 288 g/mol. The van der Waals surface area contributed by atoms with Gasteiger partial charge < -0.3 is 9.64 Å². The average Bonchev–Trinajstić information content (AvgIpc) is 2.33. The number of amidine groups is 1. The van der Waals surface area contributed by atoms with Crippen molar-refractivity contribution in [3.63, 3.8) is 0 Å². The summed E-state index contributed by atoms with van der Waals surface area (Å²) in [7, 11) is -2.89. The number of unbranched alkanes of at least 4 members (excludes halogenated alkanes) is 1. The summed E-state index contributed by atoms with van der Waals surface area (Å²) in [5.74, 6) is 1.11. The second-order valence-electron chi connectivity index (χ2n) is 7.81. The molecule has 0 bridgehead atoms. The van der Waals surface area contributed by atoms with E-state index < -0.39 is 16.5 Å². The van der Waals surface area contributed by atoms with Crippen molar-refractivity contribution in [2.24, 2.45) is 4.66 Å². The van der Waals surface area contributed by atoms with Crippen LogP contribution in [0.15, 0.2) is 28.9 Å². The second-order valence-corrected chi connectivity index (χ2v) is 17.1. The van der Waals surface area contributed by atoms with Gasteiger partial charge in [-0.1, -0.05) is 57.3 Å². The Bertz CT molecular complexity index is 465. The van der Waals surface area contributed by atoms with Crippen LogP contribution in [0.25, 0.3) is 0 Å². The molecule has 1 aromatic carbocycles. The van der Waals surface area contributed by atoms with Gasteiger partial charge in [-0.05, 0) is 38.0 Å². The van der Waals surface area contributed by atoms with Gasteiger partial charge in [0.1, 0.15) is 14.1 Å². The van der Waals surface area contributed by atoms with Crippen molar-refractivity contribution in [1.82, 2.24) is 4.98 Å². The minimum absolute atomic E-state index is 1.11. The van der Waals surface area contributed by atoms with E-state index in [1.807, 2.05) is 0 Å². The van der Waals surface area contributed by atoms with Crippen LogP contribution in [0.4, 0.5) is 0 Å². The van der Waals surface area contributed by atoms with E-state index in [1.54, 1.807) is 0 Å². The first-order valence-electron chi connectivity index (χ1n) is 8.08. The van der Waals surface area contributed by atoms with Gasteiger partial charge in [0.2, 0.25) is 0 Å². The molecule has 1 N–H and O–H groups in total. The van der Waals surface area contributed by atoms with Crippen LogP contribution in [-0.4, -0.2) is 22.3 Å². The molecule has 0 spiro atoms. The van der Waals surface area contributed by atoms with Crippen molar-refractivity contribution < 1.29 is 0 Å². The number of nitrogens with zero attached hydrogens (tertiary/aromatic N) is 1. The van der Waals surface area contributed by atoms with Gasteiger partial charge in [-0.3, -0.25) is 0 Å². The molecule has 1 aromatic rings. The molecule has 0 aliphatic carbocycles. The zero-order valence-electron chi connectivity index (χ0n) is 14.9. The van der Waals surface area contributed by atoms with E-state index in [0.29, 0.717) is 0 Å². The summed E-state index contributed by atoms with van der Waals surface area (Å²) in [5.41, 5.74) is 2.67. The number of nitrogens with one attached hydrogen (secondary N) is 1. The number of hydrogen-bond donors (Lipinski definition) is 1. The molecule has 0 aliphatic heterocycles. The quantitative estimate of drug-likeness (QED) is 0.443. The standard InChI is InChI=1S/C17H32N2Si2/c1-8-9-10-15-11-13-16(14-12-15)17(18-20(2,3)4)19-21(5,6)7/h11-14H,8-10H2,1-7H3,(H,18,19). The maximum absolute atomic E-state index is 5.04. The molecule has 118 valence electrons. The number of rotatable bonds is 6. The molecule has 0 aromatic heterocycles. The molecule has 0 heterocycles. The molecule has 0 aliphatic rings. The van der Waals surface area contributed by atoms with E-state index in [9.17, 15) is 0 Å². The first-order chi connectivity index (χ1) is 9.61. The Morgan fingerprint density at radius 1 is 1.00 bits per heavy atom. The van der Waals surface area contributed by atoms with Gasteiger partial charge in [-0.25, -0.2) is 0 Å². The highest BCUT2D eigenvalue weighted by molar-refractivity contribution is 6.78. The predicted octanol–water partition coefficient (Wildman–Crippen LogP) is 5.04. The highest BCUT2D eigenvalue weighted by Gasteiger charge is 2.20. The summed E-state index contributed by atoms with van der Waals surface area (Å²) in [6, 6.07) is 8.99. The molecular formula is C17H32N2Si2. The molecule has 1 rings (SSSR count). The van der Waals surface area contributed by atoms with Gasteiger partial charge in [0.15, 0.2) is 8.24 Å². The zero-order chi connectivity index (χ0) is 16.1. The Morgan fingerprint density at radius 2 is 1.57 bits per heavy atom. The van der Waals surface area contributed by atoms with E-state index in [2.05, 4.69) is 75.5 Å². The van der Waals surface area contributed by atoms with Crippen LogP contribution in [0.5, 0.6) is 0 Å². The smallest absolute Gasteiger partial charge is 0.175 e. The van der Waals surface area contributed by atoms with Crippen LogP contribution >= 0.6 is 0 Å². The van der Waals surface area contributed by atoms with Crippen molar-refractivity contribution in [3.8, 4) is 0 Å². The second kappa shape index (κ2) is 7.41. The van der Waals surface area contributed by atoms with Crippen LogP contribution in [-0.2, 0) is 6.42 Å². The largest absolute Gasteiger partial charge is 0.396 e. The Balaban J connectivity index is 3.01. The lowest BCUT2D eigenvalue weighted by Crippen LogP contribution is -2.47. The van der Waals surface area contributed by atoms with E-state index in [-0.39, 0.29) is 0 Å². The van der Waals surface area contributed by atoms with E-state index in [1.165, 1.54) is 30.4 Å². The van der Waals surface area contributed by atoms with Crippen LogP contribution in [0.2, 0.25) is 39.3 Å². The fourth-order valence-corrected chi connectivity index (χ4v) is 3.94. The van der Waals surface area contributed by atoms with Crippen molar-refractivity contribution in [3.05, 3.63) is 35.4 Å². The fourth-order valence-electron chi connectivity index (χ4n) is 2.07. The fraction of sp³-hybridized carbons (Fsp3) is 0.588. The molecule has 21 heavy (non-hydrogen) atoms. The molecule has 0 unspecified atom stereocenters. The van der Waals surface area contributed by atoms with Crippen LogP contribution < -0.4 is 4.98 Å². The Hall–Kier alpha value is -0.876. The van der Waals surface area contributed by atoms with E-state index >= 15 is 0 Å². The minimum atomic E-state index is -1.49. The first kappa shape index (κ1) is 18.2. The lowest BCUT2D eigenvalue weighted by molar-refractivity contribution is 0.795. The van der Waals surface area contributed by atoms with Gasteiger partial charge >= 0.3 is 0 Å². The normalized spacial score (nSPS) is 13.4. The minimum Gasteiger partial charge on any atom is -0.396 e. The summed E-state index contributed by atoms with van der Waals surface area (Å²) in [6.07, 6.45) is 3.70. The lowest BCUT2D eigenvalue weighted by Gasteiger charge is -2.24. The summed E-state index contributed by atoms with van der Waals surface area (Å²) in [4.78, 5) is 3.72. The van der Waals surface area contributed by atoms with E-state index in [0.717, 1.165) is 5.84 Å². The molecule has 0 radical (unpaired) electrons. The third-order valence-corrected chi connectivity index (χ3v) is 4.87. The molecule has 0 saturated heterocycles. The molecule has 0 saturated carbocycles. The SMILES string of the molecule is CCCCc1ccc(/C(=N/[Si](C)(C)C)N[Si](C)(C)C)cc1. The first-order valence-corrected chi connectivity index (χ1v) is 15.0. The summed E-state index contributed by atoms with van der Waals surface area (Å²) in [5, 5.41) is 0. The maximum atomic E-state index is 5.04. The summed E-state index contributed by atoms with van der Waals surface area (Å²) < 4.78 is 5.04. The van der Waals surface area contributed by atoms with Gasteiger partial charge in [0.25, 0.3) is 0 Å². The maximum Gasteiger partial charge on any atom is 0.175 e. The number of aryl methyl sites for hydroxylation is 1. The Morgan fingerprint density at radius 3 is 2.00 bits per heavy atom. The Kier molecular flexibility index (Phi) is 6.41. The number of hydrogen-bond acceptors (Lipinski definition) is 1. The molecule has 0 atom stereocenters. The van der Waals surface area contributed by atoms with E-state index in [4.69, 9.17) is 4.66 Å². The predicted molar refractivity (Wildman–Crippen MR) is 101 cm³/mol. The van der Waals surface area contributed by atoms with Crippen LogP contribution in [0.3, 0.4) is 0 Å². The van der Waals surface area contributed by atoms with Crippen molar-refractivity contribution >= 4 is 22.3 Å². The zero-order valence-corrected chi connectivity index (χ0v) is 16.9.